The van der Waals surface area contributed by atoms with Gasteiger partial charge in [0.05, 0.1) is 12.1 Å². The van der Waals surface area contributed by atoms with Crippen LogP contribution < -0.4 is 10.1 Å². The quantitative estimate of drug-likeness (QED) is 0.272. The fraction of sp³-hybridized carbons (Fsp3) is 0.167. The second-order valence-electron chi connectivity index (χ2n) is 7.35. The molecule has 0 aliphatic rings. The van der Waals surface area contributed by atoms with Crippen LogP contribution in [0.3, 0.4) is 0 Å². The number of aromatic nitrogens is 2. The van der Waals surface area contributed by atoms with E-state index in [-0.39, 0.29) is 24.3 Å². The van der Waals surface area contributed by atoms with Crippen molar-refractivity contribution < 1.29 is 31.5 Å². The fourth-order valence-corrected chi connectivity index (χ4v) is 3.17. The average Bonchev–Trinajstić information content (AvgIpc) is 3.49. The molecule has 176 valence electrons. The molecule has 0 fully saturated rings. The molecule has 2 heterocycles. The Morgan fingerprint density at radius 2 is 1.74 bits per heavy atom. The Labute approximate surface area is 191 Å². The highest BCUT2D eigenvalue weighted by Crippen LogP contribution is 2.21. The zero-order valence-corrected chi connectivity index (χ0v) is 17.9. The normalized spacial score (nSPS) is 11.0. The van der Waals surface area contributed by atoms with E-state index in [4.69, 9.17) is 9.15 Å². The van der Waals surface area contributed by atoms with Crippen molar-refractivity contribution in [3.05, 3.63) is 101 Å². The molecule has 4 aromatic rings. The Bertz CT molecular complexity index is 1290. The van der Waals surface area contributed by atoms with Crippen molar-refractivity contribution in [3.8, 4) is 5.75 Å². The van der Waals surface area contributed by atoms with E-state index in [1.165, 1.54) is 23.9 Å². The van der Waals surface area contributed by atoms with Crippen molar-refractivity contribution in [2.75, 3.05) is 5.32 Å². The number of halogens is 4. The molecule has 0 unspecified atom stereocenters. The van der Waals surface area contributed by atoms with Crippen molar-refractivity contribution in [3.63, 3.8) is 0 Å². The molecule has 4 rings (SSSR count). The topological polar surface area (TPSA) is 69.3 Å². The lowest BCUT2D eigenvalue weighted by atomic mass is 10.2. The Morgan fingerprint density at radius 3 is 2.41 bits per heavy atom. The lowest BCUT2D eigenvalue weighted by Gasteiger charge is -2.07. The van der Waals surface area contributed by atoms with Crippen LogP contribution in [0.1, 0.15) is 34.4 Å². The van der Waals surface area contributed by atoms with Gasteiger partial charge in [0, 0.05) is 18.3 Å². The van der Waals surface area contributed by atoms with Gasteiger partial charge in [-0.15, -0.1) is 0 Å². The third kappa shape index (κ3) is 5.11. The van der Waals surface area contributed by atoms with Crippen LogP contribution >= 0.6 is 0 Å². The first kappa shape index (κ1) is 23.1. The SMILES string of the molecule is CCc1ccc(OCc2ccc(C(=O)Nc3ccn(Cc4c(F)c(F)cc(F)c4F)n3)o2)cc1. The molecule has 2 aromatic heterocycles. The number of benzene rings is 2. The van der Waals surface area contributed by atoms with Gasteiger partial charge < -0.3 is 14.5 Å². The minimum atomic E-state index is -1.51. The van der Waals surface area contributed by atoms with Gasteiger partial charge >= 0.3 is 0 Å². The highest BCUT2D eigenvalue weighted by atomic mass is 19.2. The number of carbonyl (C=O) groups is 1. The molecule has 0 atom stereocenters. The van der Waals surface area contributed by atoms with Crippen molar-refractivity contribution >= 4 is 11.7 Å². The Balaban J connectivity index is 1.36. The number of anilines is 1. The van der Waals surface area contributed by atoms with Crippen molar-refractivity contribution in [1.29, 1.82) is 0 Å². The van der Waals surface area contributed by atoms with Crippen molar-refractivity contribution in [2.45, 2.75) is 26.5 Å². The molecule has 0 bridgehead atoms. The maximum absolute atomic E-state index is 13.9. The van der Waals surface area contributed by atoms with E-state index in [0.29, 0.717) is 11.5 Å². The molecule has 0 aliphatic carbocycles. The van der Waals surface area contributed by atoms with Crippen LogP contribution in [0, 0.1) is 23.3 Å². The van der Waals surface area contributed by atoms with Crippen LogP contribution in [0.4, 0.5) is 23.4 Å². The zero-order chi connectivity index (χ0) is 24.2. The molecule has 0 saturated carbocycles. The maximum Gasteiger partial charge on any atom is 0.292 e. The van der Waals surface area contributed by atoms with Crippen LogP contribution in [0.15, 0.2) is 59.1 Å². The Hall–Kier alpha value is -4.08. The summed E-state index contributed by atoms with van der Waals surface area (Å²) >= 11 is 0. The Kier molecular flexibility index (Phi) is 6.67. The van der Waals surface area contributed by atoms with Crippen LogP contribution in [0.5, 0.6) is 5.75 Å². The molecule has 10 heteroatoms. The molecule has 0 saturated heterocycles. The minimum Gasteiger partial charge on any atom is -0.486 e. The number of nitrogens with one attached hydrogen (secondary N) is 1. The molecule has 0 radical (unpaired) electrons. The lowest BCUT2D eigenvalue weighted by Crippen LogP contribution is -2.13. The van der Waals surface area contributed by atoms with Gasteiger partial charge in [-0.1, -0.05) is 19.1 Å². The van der Waals surface area contributed by atoms with E-state index >= 15 is 0 Å². The molecule has 34 heavy (non-hydrogen) atoms. The predicted molar refractivity (Wildman–Crippen MR) is 114 cm³/mol. The van der Waals surface area contributed by atoms with E-state index in [9.17, 15) is 22.4 Å². The first-order valence-electron chi connectivity index (χ1n) is 10.3. The lowest BCUT2D eigenvalue weighted by molar-refractivity contribution is 0.0992. The Morgan fingerprint density at radius 1 is 1.03 bits per heavy atom. The summed E-state index contributed by atoms with van der Waals surface area (Å²) < 4.78 is 66.6. The maximum atomic E-state index is 13.9. The molecular formula is C24H19F4N3O3. The summed E-state index contributed by atoms with van der Waals surface area (Å²) in [4.78, 5) is 12.4. The minimum absolute atomic E-state index is 0.00114. The number of carbonyl (C=O) groups excluding carboxylic acids is 1. The second-order valence-corrected chi connectivity index (χ2v) is 7.35. The third-order valence-electron chi connectivity index (χ3n) is 5.00. The predicted octanol–water partition coefficient (Wildman–Crippen LogP) is 5.47. The zero-order valence-electron chi connectivity index (χ0n) is 17.9. The third-order valence-corrected chi connectivity index (χ3v) is 5.00. The van der Waals surface area contributed by atoms with Gasteiger partial charge in [0.15, 0.2) is 34.8 Å². The van der Waals surface area contributed by atoms with Gasteiger partial charge in [-0.2, -0.15) is 5.10 Å². The number of ether oxygens (including phenoxy) is 1. The molecule has 2 aromatic carbocycles. The summed E-state index contributed by atoms with van der Waals surface area (Å²) in [6.45, 7) is 1.60. The highest BCUT2D eigenvalue weighted by molar-refractivity contribution is 6.01. The van der Waals surface area contributed by atoms with Gasteiger partial charge in [-0.25, -0.2) is 17.6 Å². The van der Waals surface area contributed by atoms with Crippen molar-refractivity contribution in [1.82, 2.24) is 9.78 Å². The summed E-state index contributed by atoms with van der Waals surface area (Å²) in [6.07, 6.45) is 2.22. The van der Waals surface area contributed by atoms with E-state index < -0.39 is 41.3 Å². The summed E-state index contributed by atoms with van der Waals surface area (Å²) in [6, 6.07) is 12.2. The molecular weight excluding hydrogens is 454 g/mol. The summed E-state index contributed by atoms with van der Waals surface area (Å²) in [7, 11) is 0. The van der Waals surface area contributed by atoms with E-state index in [1.807, 2.05) is 24.3 Å². The number of hydrogen-bond donors (Lipinski definition) is 1. The number of aryl methyl sites for hydroxylation is 1. The average molecular weight is 473 g/mol. The first-order chi connectivity index (χ1) is 16.3. The number of amides is 1. The second kappa shape index (κ2) is 9.82. The van der Waals surface area contributed by atoms with E-state index in [0.717, 1.165) is 11.1 Å². The molecule has 1 N–H and O–H groups in total. The summed E-state index contributed by atoms with van der Waals surface area (Å²) in [5.74, 6) is -5.51. The molecule has 1 amide bonds. The number of furan rings is 1. The van der Waals surface area contributed by atoms with Crippen LogP contribution in [-0.2, 0) is 19.6 Å². The standard InChI is InChI=1S/C24H19F4N3O3/c1-2-14-3-5-15(6-4-14)33-13-16-7-8-20(34-16)24(32)29-21-9-10-31(30-21)12-17-22(27)18(25)11-19(26)23(17)28/h3-11H,2,12-13H2,1H3,(H,29,30,32). The van der Waals surface area contributed by atoms with Gasteiger partial charge in [0.25, 0.3) is 5.91 Å². The number of rotatable bonds is 8. The first-order valence-corrected chi connectivity index (χ1v) is 10.3. The van der Waals surface area contributed by atoms with Gasteiger partial charge in [0.2, 0.25) is 0 Å². The van der Waals surface area contributed by atoms with Crippen molar-refractivity contribution in [2.24, 2.45) is 0 Å². The van der Waals surface area contributed by atoms with E-state index in [2.05, 4.69) is 17.3 Å². The van der Waals surface area contributed by atoms with Gasteiger partial charge in [-0.05, 0) is 36.2 Å². The molecule has 6 nitrogen and oxygen atoms in total. The summed E-state index contributed by atoms with van der Waals surface area (Å²) in [5.41, 5.74) is 0.364. The van der Waals surface area contributed by atoms with Gasteiger partial charge in [0.1, 0.15) is 18.1 Å². The van der Waals surface area contributed by atoms with Gasteiger partial charge in [-0.3, -0.25) is 9.48 Å². The number of nitrogens with zero attached hydrogens (tertiary/aromatic N) is 2. The van der Waals surface area contributed by atoms with Crippen LogP contribution in [-0.4, -0.2) is 15.7 Å². The van der Waals surface area contributed by atoms with Crippen LogP contribution in [0.25, 0.3) is 0 Å². The highest BCUT2D eigenvalue weighted by Gasteiger charge is 2.20. The van der Waals surface area contributed by atoms with E-state index in [1.54, 1.807) is 6.07 Å². The van der Waals surface area contributed by atoms with Crippen LogP contribution in [0.2, 0.25) is 0 Å². The summed E-state index contributed by atoms with van der Waals surface area (Å²) in [5, 5.41) is 6.42. The largest absolute Gasteiger partial charge is 0.486 e. The fourth-order valence-electron chi connectivity index (χ4n) is 3.17. The molecule has 0 aliphatic heterocycles. The molecule has 0 spiro atoms. The smallest absolute Gasteiger partial charge is 0.292 e. The monoisotopic (exact) mass is 473 g/mol. The number of hydrogen-bond acceptors (Lipinski definition) is 4.